The molecule has 0 aliphatic carbocycles. The molecule has 6 heteroatoms. The first-order chi connectivity index (χ1) is 9.54. The first kappa shape index (κ1) is 15.5. The predicted octanol–water partition coefficient (Wildman–Crippen LogP) is 5.38. The lowest BCUT2D eigenvalue weighted by molar-refractivity contribution is -0.113. The van der Waals surface area contributed by atoms with E-state index in [1.54, 1.807) is 30.3 Å². The highest BCUT2D eigenvalue weighted by Gasteiger charge is 2.07. The lowest BCUT2D eigenvalue weighted by atomic mass is 10.3. The molecule has 104 valence electrons. The van der Waals surface area contributed by atoms with Crippen LogP contribution in [0.2, 0.25) is 15.1 Å². The number of carbonyl (C=O) groups is 1. The molecule has 0 spiro atoms. The Kier molecular flexibility index (Phi) is 5.61. The van der Waals surface area contributed by atoms with Crippen LogP contribution in [0.1, 0.15) is 0 Å². The van der Waals surface area contributed by atoms with E-state index in [-0.39, 0.29) is 11.7 Å². The zero-order valence-electron chi connectivity index (χ0n) is 10.2. The van der Waals surface area contributed by atoms with Crippen LogP contribution in [0.15, 0.2) is 47.4 Å². The summed E-state index contributed by atoms with van der Waals surface area (Å²) in [6.07, 6.45) is 0. The highest BCUT2D eigenvalue weighted by molar-refractivity contribution is 8.00. The summed E-state index contributed by atoms with van der Waals surface area (Å²) in [5.41, 5.74) is 0.515. The first-order valence-corrected chi connectivity index (χ1v) is 7.80. The fourth-order valence-electron chi connectivity index (χ4n) is 1.46. The number of halogens is 3. The maximum atomic E-state index is 11.9. The van der Waals surface area contributed by atoms with E-state index in [2.05, 4.69) is 5.32 Å². The molecular weight excluding hydrogens is 337 g/mol. The minimum Gasteiger partial charge on any atom is -0.324 e. The number of amides is 1. The van der Waals surface area contributed by atoms with E-state index < -0.39 is 0 Å². The molecular formula is C14H10Cl3NOS. The Morgan fingerprint density at radius 3 is 2.35 bits per heavy atom. The Morgan fingerprint density at radius 1 is 1.00 bits per heavy atom. The third-order valence-corrected chi connectivity index (χ3v) is 4.21. The summed E-state index contributed by atoms with van der Waals surface area (Å²) >= 11 is 19.1. The van der Waals surface area contributed by atoms with Crippen LogP contribution in [0.5, 0.6) is 0 Å². The molecule has 0 atom stereocenters. The Hall–Kier alpha value is -0.870. The molecule has 20 heavy (non-hydrogen) atoms. The molecule has 0 saturated carbocycles. The Labute approximate surface area is 136 Å². The van der Waals surface area contributed by atoms with E-state index in [4.69, 9.17) is 34.8 Å². The van der Waals surface area contributed by atoms with Gasteiger partial charge in [-0.1, -0.05) is 34.8 Å². The molecule has 0 bridgehead atoms. The van der Waals surface area contributed by atoms with Gasteiger partial charge in [0, 0.05) is 14.9 Å². The molecule has 2 aromatic rings. The number of anilines is 1. The third kappa shape index (κ3) is 4.60. The van der Waals surface area contributed by atoms with Crippen LogP contribution < -0.4 is 5.32 Å². The van der Waals surface area contributed by atoms with E-state index in [1.807, 2.05) is 12.1 Å². The molecule has 0 heterocycles. The molecule has 1 N–H and O–H groups in total. The van der Waals surface area contributed by atoms with Crippen molar-refractivity contribution in [2.45, 2.75) is 4.90 Å². The summed E-state index contributed by atoms with van der Waals surface area (Å²) in [5, 5.41) is 4.38. The summed E-state index contributed by atoms with van der Waals surface area (Å²) in [5.74, 6) is 0.138. The molecule has 0 aromatic heterocycles. The second-order valence-electron chi connectivity index (χ2n) is 3.91. The van der Waals surface area contributed by atoms with Gasteiger partial charge in [-0.2, -0.15) is 0 Å². The molecule has 0 saturated heterocycles. The summed E-state index contributed by atoms with van der Waals surface area (Å²) in [6.45, 7) is 0. The van der Waals surface area contributed by atoms with Crippen molar-refractivity contribution in [3.63, 3.8) is 0 Å². The highest BCUT2D eigenvalue weighted by atomic mass is 35.5. The van der Waals surface area contributed by atoms with Crippen molar-refractivity contribution in [2.24, 2.45) is 0 Å². The van der Waals surface area contributed by atoms with Crippen molar-refractivity contribution in [1.82, 2.24) is 0 Å². The van der Waals surface area contributed by atoms with Gasteiger partial charge in [-0.3, -0.25) is 4.79 Å². The van der Waals surface area contributed by atoms with Crippen LogP contribution >= 0.6 is 46.6 Å². The highest BCUT2D eigenvalue weighted by Crippen LogP contribution is 2.26. The minimum atomic E-state index is -0.144. The Bertz CT molecular complexity index is 616. The van der Waals surface area contributed by atoms with E-state index in [0.29, 0.717) is 20.8 Å². The van der Waals surface area contributed by atoms with Gasteiger partial charge in [-0.25, -0.2) is 0 Å². The van der Waals surface area contributed by atoms with Gasteiger partial charge in [0.15, 0.2) is 0 Å². The summed E-state index contributed by atoms with van der Waals surface area (Å²) < 4.78 is 0. The van der Waals surface area contributed by atoms with Gasteiger partial charge in [-0.15, -0.1) is 11.8 Å². The van der Waals surface area contributed by atoms with Gasteiger partial charge in [-0.05, 0) is 42.5 Å². The van der Waals surface area contributed by atoms with Crippen molar-refractivity contribution >= 4 is 58.2 Å². The number of hydrogen-bond donors (Lipinski definition) is 1. The first-order valence-electron chi connectivity index (χ1n) is 5.68. The van der Waals surface area contributed by atoms with Crippen LogP contribution in [0.4, 0.5) is 5.69 Å². The standard InChI is InChI=1S/C14H10Cl3NOS/c15-9-1-4-11(5-2-9)20-8-14(19)18-13-7-10(16)3-6-12(13)17/h1-7H,8H2,(H,18,19). The second-order valence-corrected chi connectivity index (χ2v) is 6.24. The largest absolute Gasteiger partial charge is 0.324 e. The smallest absolute Gasteiger partial charge is 0.234 e. The van der Waals surface area contributed by atoms with E-state index in [0.717, 1.165) is 4.90 Å². The zero-order chi connectivity index (χ0) is 14.5. The molecule has 2 nitrogen and oxygen atoms in total. The number of carbonyl (C=O) groups excluding carboxylic acids is 1. The fraction of sp³-hybridized carbons (Fsp3) is 0.0714. The van der Waals surface area contributed by atoms with Gasteiger partial charge < -0.3 is 5.32 Å². The average Bonchev–Trinajstić information content (AvgIpc) is 2.42. The van der Waals surface area contributed by atoms with Gasteiger partial charge in [0.1, 0.15) is 0 Å². The summed E-state index contributed by atoms with van der Waals surface area (Å²) in [7, 11) is 0. The SMILES string of the molecule is O=C(CSc1ccc(Cl)cc1)Nc1cc(Cl)ccc1Cl. The maximum Gasteiger partial charge on any atom is 0.234 e. The number of nitrogens with one attached hydrogen (secondary N) is 1. The maximum absolute atomic E-state index is 11.9. The quantitative estimate of drug-likeness (QED) is 0.753. The van der Waals surface area contributed by atoms with E-state index in [9.17, 15) is 4.79 Å². The van der Waals surface area contributed by atoms with E-state index in [1.165, 1.54) is 11.8 Å². The molecule has 0 aliphatic rings. The molecule has 1 amide bonds. The molecule has 0 radical (unpaired) electrons. The van der Waals surface area contributed by atoms with Crippen molar-refractivity contribution in [3.05, 3.63) is 57.5 Å². The van der Waals surface area contributed by atoms with E-state index >= 15 is 0 Å². The molecule has 2 rings (SSSR count). The normalized spacial score (nSPS) is 10.3. The number of rotatable bonds is 4. The third-order valence-electron chi connectivity index (χ3n) is 2.39. The topological polar surface area (TPSA) is 29.1 Å². The van der Waals surface area contributed by atoms with Gasteiger partial charge in [0.05, 0.1) is 16.5 Å². The number of hydrogen-bond acceptors (Lipinski definition) is 2. The van der Waals surface area contributed by atoms with Crippen LogP contribution in [0.3, 0.4) is 0 Å². The molecule has 0 aliphatic heterocycles. The van der Waals surface area contributed by atoms with Crippen LogP contribution in [0, 0.1) is 0 Å². The van der Waals surface area contributed by atoms with Crippen molar-refractivity contribution < 1.29 is 4.79 Å². The second kappa shape index (κ2) is 7.23. The number of benzene rings is 2. The predicted molar refractivity (Wildman–Crippen MR) is 87.3 cm³/mol. The Morgan fingerprint density at radius 2 is 1.65 bits per heavy atom. The summed E-state index contributed by atoms with van der Waals surface area (Å²) in [6, 6.07) is 12.2. The molecule has 0 fully saturated rings. The van der Waals surface area contributed by atoms with Crippen molar-refractivity contribution in [2.75, 3.05) is 11.1 Å². The van der Waals surface area contributed by atoms with Gasteiger partial charge >= 0.3 is 0 Å². The van der Waals surface area contributed by atoms with Gasteiger partial charge in [0.25, 0.3) is 0 Å². The monoisotopic (exact) mass is 345 g/mol. The van der Waals surface area contributed by atoms with Gasteiger partial charge in [0.2, 0.25) is 5.91 Å². The average molecular weight is 347 g/mol. The lowest BCUT2D eigenvalue weighted by Crippen LogP contribution is -2.14. The molecule has 0 unspecified atom stereocenters. The fourth-order valence-corrected chi connectivity index (χ4v) is 2.62. The summed E-state index contributed by atoms with van der Waals surface area (Å²) in [4.78, 5) is 12.8. The lowest BCUT2D eigenvalue weighted by Gasteiger charge is -2.07. The van der Waals surface area contributed by atoms with Crippen molar-refractivity contribution in [1.29, 1.82) is 0 Å². The van der Waals surface area contributed by atoms with Crippen LogP contribution in [-0.2, 0) is 4.79 Å². The molecule has 2 aromatic carbocycles. The Balaban J connectivity index is 1.92. The number of thioether (sulfide) groups is 1. The van der Waals surface area contributed by atoms with Crippen LogP contribution in [0.25, 0.3) is 0 Å². The van der Waals surface area contributed by atoms with Crippen molar-refractivity contribution in [3.8, 4) is 0 Å². The van der Waals surface area contributed by atoms with Crippen LogP contribution in [-0.4, -0.2) is 11.7 Å². The minimum absolute atomic E-state index is 0.144. The zero-order valence-corrected chi connectivity index (χ0v) is 13.3.